The fourth-order valence-electron chi connectivity index (χ4n) is 3.97. The van der Waals surface area contributed by atoms with Crippen LogP contribution in [0.2, 0.25) is 0 Å². The lowest BCUT2D eigenvalue weighted by Gasteiger charge is -2.26. The number of aliphatic hydroxyl groups excluding tert-OH is 1. The van der Waals surface area contributed by atoms with Crippen LogP contribution >= 0.6 is 0 Å². The van der Waals surface area contributed by atoms with E-state index in [9.17, 15) is 9.90 Å². The molecule has 0 spiro atoms. The Morgan fingerprint density at radius 2 is 1.87 bits per heavy atom. The van der Waals surface area contributed by atoms with Gasteiger partial charge in [-0.25, -0.2) is 0 Å². The maximum Gasteiger partial charge on any atom is 0.315 e. The number of hydrogen-bond acceptors (Lipinski definition) is 3. The average molecular weight is 318 g/mol. The average Bonchev–Trinajstić information content (AvgIpc) is 3.23. The van der Waals surface area contributed by atoms with Gasteiger partial charge in [-0.1, -0.05) is 76.3 Å². The van der Waals surface area contributed by atoms with Crippen molar-refractivity contribution in [3.63, 3.8) is 0 Å². The summed E-state index contributed by atoms with van der Waals surface area (Å²) < 4.78 is 5.06. The Morgan fingerprint density at radius 3 is 2.48 bits per heavy atom. The summed E-state index contributed by atoms with van der Waals surface area (Å²) >= 11 is 0. The van der Waals surface area contributed by atoms with Gasteiger partial charge in [0, 0.05) is 5.41 Å². The highest BCUT2D eigenvalue weighted by Crippen LogP contribution is 2.67. The molecule has 1 N–H and O–H groups in total. The van der Waals surface area contributed by atoms with Crippen LogP contribution in [0.5, 0.6) is 0 Å². The second-order valence-electron chi connectivity index (χ2n) is 7.06. The Kier molecular flexibility index (Phi) is 5.85. The van der Waals surface area contributed by atoms with E-state index in [-0.39, 0.29) is 11.4 Å². The molecule has 23 heavy (non-hydrogen) atoms. The topological polar surface area (TPSA) is 46.5 Å². The number of aliphatic hydroxyl groups is 1. The molecule has 3 nitrogen and oxygen atoms in total. The number of unbranched alkanes of at least 4 members (excludes halogenated alkanes) is 4. The zero-order valence-corrected chi connectivity index (χ0v) is 14.7. The van der Waals surface area contributed by atoms with Gasteiger partial charge in [-0.3, -0.25) is 4.79 Å². The Bertz CT molecular complexity index is 513. The van der Waals surface area contributed by atoms with Gasteiger partial charge < -0.3 is 9.84 Å². The molecule has 0 bridgehead atoms. The molecule has 1 fully saturated rings. The van der Waals surface area contributed by atoms with E-state index in [4.69, 9.17) is 4.74 Å². The maximum absolute atomic E-state index is 12.5. The van der Waals surface area contributed by atoms with Crippen molar-refractivity contribution in [3.8, 4) is 0 Å². The van der Waals surface area contributed by atoms with E-state index in [2.05, 4.69) is 13.8 Å². The zero-order chi connectivity index (χ0) is 16.9. The van der Waals surface area contributed by atoms with Gasteiger partial charge in [0.2, 0.25) is 0 Å². The highest BCUT2D eigenvalue weighted by Gasteiger charge is 2.73. The number of carbonyl (C=O) groups is 1. The van der Waals surface area contributed by atoms with Crippen molar-refractivity contribution in [2.45, 2.75) is 70.3 Å². The largest absolute Gasteiger partial charge is 0.468 e. The van der Waals surface area contributed by atoms with E-state index in [1.165, 1.54) is 26.4 Å². The molecule has 3 atom stereocenters. The molecule has 0 radical (unpaired) electrons. The molecule has 0 heterocycles. The van der Waals surface area contributed by atoms with Crippen LogP contribution in [0, 0.1) is 5.41 Å². The van der Waals surface area contributed by atoms with Crippen molar-refractivity contribution in [3.05, 3.63) is 35.9 Å². The first kappa shape index (κ1) is 18.0. The molecule has 128 valence electrons. The molecule has 1 aliphatic rings. The lowest BCUT2D eigenvalue weighted by Crippen LogP contribution is -2.37. The predicted octanol–water partition coefficient (Wildman–Crippen LogP) is 4.23. The van der Waals surface area contributed by atoms with E-state index in [0.29, 0.717) is 12.8 Å². The zero-order valence-electron chi connectivity index (χ0n) is 14.7. The predicted molar refractivity (Wildman–Crippen MR) is 92.2 cm³/mol. The van der Waals surface area contributed by atoms with E-state index in [0.717, 1.165) is 18.4 Å². The van der Waals surface area contributed by atoms with Gasteiger partial charge in [0.15, 0.2) is 0 Å². The van der Waals surface area contributed by atoms with Crippen LogP contribution in [-0.4, -0.2) is 24.3 Å². The molecule has 0 aromatic heterocycles. The first-order chi connectivity index (χ1) is 11.0. The van der Waals surface area contributed by atoms with Gasteiger partial charge >= 0.3 is 5.97 Å². The molecule has 0 saturated heterocycles. The molecule has 2 rings (SSSR count). The van der Waals surface area contributed by atoms with Crippen molar-refractivity contribution < 1.29 is 14.6 Å². The van der Waals surface area contributed by atoms with E-state index in [1.807, 2.05) is 30.3 Å². The van der Waals surface area contributed by atoms with Gasteiger partial charge in [-0.15, -0.1) is 0 Å². The number of hydrogen-bond donors (Lipinski definition) is 1. The Labute approximate surface area is 140 Å². The fraction of sp³-hybridized carbons (Fsp3) is 0.650. The third-order valence-corrected chi connectivity index (χ3v) is 5.60. The molecule has 1 aromatic carbocycles. The van der Waals surface area contributed by atoms with Crippen molar-refractivity contribution in [2.75, 3.05) is 7.11 Å². The lowest BCUT2D eigenvalue weighted by molar-refractivity contribution is -0.153. The number of rotatable bonds is 9. The summed E-state index contributed by atoms with van der Waals surface area (Å²) in [7, 11) is 1.42. The highest BCUT2D eigenvalue weighted by atomic mass is 16.5. The summed E-state index contributed by atoms with van der Waals surface area (Å²) in [5, 5.41) is 10.8. The van der Waals surface area contributed by atoms with Crippen molar-refractivity contribution in [2.24, 2.45) is 5.41 Å². The number of carbonyl (C=O) groups excluding carboxylic acids is 1. The minimum atomic E-state index is -0.784. The minimum absolute atomic E-state index is 0.273. The quantitative estimate of drug-likeness (QED) is 0.547. The van der Waals surface area contributed by atoms with Crippen LogP contribution in [0.15, 0.2) is 30.3 Å². The number of ether oxygens (including phenoxy) is 1. The van der Waals surface area contributed by atoms with Crippen LogP contribution in [0.1, 0.15) is 64.4 Å². The van der Waals surface area contributed by atoms with Crippen molar-refractivity contribution in [1.29, 1.82) is 0 Å². The van der Waals surface area contributed by atoms with Crippen LogP contribution in [0.3, 0.4) is 0 Å². The molecule has 1 aromatic rings. The van der Waals surface area contributed by atoms with Crippen LogP contribution in [0.4, 0.5) is 0 Å². The minimum Gasteiger partial charge on any atom is -0.468 e. The molecular formula is C20H30O3. The summed E-state index contributed by atoms with van der Waals surface area (Å²) in [6.07, 6.45) is 6.41. The molecule has 1 aliphatic carbocycles. The molecule has 0 unspecified atom stereocenters. The number of benzene rings is 1. The first-order valence-electron chi connectivity index (χ1n) is 8.85. The van der Waals surface area contributed by atoms with Gasteiger partial charge in [-0.05, 0) is 18.4 Å². The molecule has 0 aliphatic heterocycles. The van der Waals surface area contributed by atoms with Gasteiger partial charge in [-0.2, -0.15) is 0 Å². The summed E-state index contributed by atoms with van der Waals surface area (Å²) in [4.78, 5) is 12.5. The van der Waals surface area contributed by atoms with Gasteiger partial charge in [0.25, 0.3) is 0 Å². The first-order valence-corrected chi connectivity index (χ1v) is 8.85. The smallest absolute Gasteiger partial charge is 0.315 e. The SMILES string of the molecule is CCCCCCC[C@H](O)[C@@]1(C(=O)OC)C[C@]1(C)c1ccccc1. The maximum atomic E-state index is 12.5. The number of esters is 1. The van der Waals surface area contributed by atoms with Crippen LogP contribution in [-0.2, 0) is 14.9 Å². The van der Waals surface area contributed by atoms with E-state index < -0.39 is 11.5 Å². The van der Waals surface area contributed by atoms with Gasteiger partial charge in [0.1, 0.15) is 5.41 Å². The van der Waals surface area contributed by atoms with Crippen molar-refractivity contribution >= 4 is 5.97 Å². The summed E-state index contributed by atoms with van der Waals surface area (Å²) in [6.45, 7) is 4.26. The standard InChI is InChI=1S/C20H30O3/c1-4-5-6-7-11-14-17(21)20(18(22)23-3)15-19(20,2)16-12-9-8-10-13-16/h8-10,12-13,17,21H,4-7,11,14-15H2,1-3H3/t17-,19+,20+/m0/s1. The summed E-state index contributed by atoms with van der Waals surface area (Å²) in [6, 6.07) is 10.0. The Morgan fingerprint density at radius 1 is 1.22 bits per heavy atom. The highest BCUT2D eigenvalue weighted by molar-refractivity contribution is 5.85. The fourth-order valence-corrected chi connectivity index (χ4v) is 3.97. The molecule has 1 saturated carbocycles. The Hall–Kier alpha value is -1.35. The van der Waals surface area contributed by atoms with E-state index in [1.54, 1.807) is 0 Å². The summed E-state index contributed by atoms with van der Waals surface area (Å²) in [5.41, 5.74) is -0.00617. The lowest BCUT2D eigenvalue weighted by atomic mass is 9.82. The number of methoxy groups -OCH3 is 1. The normalized spacial score (nSPS) is 27.5. The van der Waals surface area contributed by atoms with Crippen LogP contribution in [0.25, 0.3) is 0 Å². The Balaban J connectivity index is 2.08. The molecular weight excluding hydrogens is 288 g/mol. The molecule has 0 amide bonds. The van der Waals surface area contributed by atoms with E-state index >= 15 is 0 Å². The second kappa shape index (κ2) is 7.48. The van der Waals surface area contributed by atoms with Gasteiger partial charge in [0.05, 0.1) is 13.2 Å². The third kappa shape index (κ3) is 3.30. The molecule has 3 heteroatoms. The summed E-state index contributed by atoms with van der Waals surface area (Å²) in [5.74, 6) is -0.273. The second-order valence-corrected chi connectivity index (χ2v) is 7.06. The van der Waals surface area contributed by atoms with Crippen molar-refractivity contribution in [1.82, 2.24) is 0 Å². The van der Waals surface area contributed by atoms with Crippen LogP contribution < -0.4 is 0 Å². The monoisotopic (exact) mass is 318 g/mol. The third-order valence-electron chi connectivity index (χ3n) is 5.60.